The second kappa shape index (κ2) is 13.2. The third kappa shape index (κ3) is 7.37. The number of amides is 3. The van der Waals surface area contributed by atoms with Crippen LogP contribution in [0.4, 0.5) is 16.2 Å². The molecule has 1 atom stereocenters. The van der Waals surface area contributed by atoms with Gasteiger partial charge in [-0.2, -0.15) is 0 Å². The summed E-state index contributed by atoms with van der Waals surface area (Å²) in [5.74, 6) is 0.595. The van der Waals surface area contributed by atoms with Gasteiger partial charge in [0.25, 0.3) is 5.91 Å². The molecule has 0 bridgehead atoms. The first-order chi connectivity index (χ1) is 20.0. The maximum atomic E-state index is 13.5. The molecular formula is C32H37N5O4. The summed E-state index contributed by atoms with van der Waals surface area (Å²) in [5.41, 5.74) is 9.46. The third-order valence-corrected chi connectivity index (χ3v) is 7.62. The quantitative estimate of drug-likeness (QED) is 0.354. The Kier molecular flexibility index (Phi) is 9.05. The van der Waals surface area contributed by atoms with E-state index < -0.39 is 0 Å². The Morgan fingerprint density at radius 1 is 1.10 bits per heavy atom. The summed E-state index contributed by atoms with van der Waals surface area (Å²) < 4.78 is 11.5. The summed E-state index contributed by atoms with van der Waals surface area (Å²) in [4.78, 5) is 30.4. The molecule has 0 aromatic heterocycles. The fourth-order valence-electron chi connectivity index (χ4n) is 5.20. The number of hydrogen-bond acceptors (Lipinski definition) is 6. The standard InChI is InChI=1S/C32H37N5O4/c1-36-18-7-10-26(36)17-19-37(32(39)35-30-22-40-21-29(41-30)24-8-3-2-4-9-24)20-23-13-15-25(16-14-23)31(38)34-28-12-6-5-11-27(28)33/h2-3,5-6,8,11-16,21-22,26H,4,7,9-10,17-20,33H2,1H3,(H,34,38)(H,35,39). The molecule has 2 aromatic carbocycles. The lowest BCUT2D eigenvalue weighted by Crippen LogP contribution is -2.42. The number of para-hydroxylation sites is 2. The molecular weight excluding hydrogens is 518 g/mol. The van der Waals surface area contributed by atoms with Crippen LogP contribution in [-0.4, -0.2) is 47.9 Å². The van der Waals surface area contributed by atoms with Gasteiger partial charge in [0.05, 0.1) is 11.4 Å². The summed E-state index contributed by atoms with van der Waals surface area (Å²) >= 11 is 0. The molecule has 9 nitrogen and oxygen atoms in total. The molecule has 1 unspecified atom stereocenters. The van der Waals surface area contributed by atoms with E-state index in [-0.39, 0.29) is 17.8 Å². The van der Waals surface area contributed by atoms with Gasteiger partial charge in [0.1, 0.15) is 6.26 Å². The number of rotatable bonds is 9. The minimum absolute atomic E-state index is 0.248. The van der Waals surface area contributed by atoms with Crippen molar-refractivity contribution in [3.05, 3.63) is 108 Å². The number of likely N-dealkylation sites (tertiary alicyclic amines) is 1. The van der Waals surface area contributed by atoms with Gasteiger partial charge in [-0.15, -0.1) is 0 Å². The number of carbonyl (C=O) groups excluding carboxylic acids is 2. The van der Waals surface area contributed by atoms with Gasteiger partial charge >= 0.3 is 6.03 Å². The number of ether oxygens (including phenoxy) is 2. The van der Waals surface area contributed by atoms with E-state index in [1.54, 1.807) is 35.4 Å². The number of urea groups is 1. The van der Waals surface area contributed by atoms with Crippen LogP contribution in [0, 0.1) is 0 Å². The first-order valence-electron chi connectivity index (χ1n) is 14.1. The zero-order valence-electron chi connectivity index (χ0n) is 23.3. The summed E-state index contributed by atoms with van der Waals surface area (Å²) in [6.45, 7) is 2.03. The number of benzene rings is 2. The molecule has 2 aromatic rings. The van der Waals surface area contributed by atoms with E-state index in [4.69, 9.17) is 15.2 Å². The molecule has 3 amide bonds. The molecule has 0 spiro atoms. The van der Waals surface area contributed by atoms with Crippen LogP contribution in [0.5, 0.6) is 0 Å². The predicted octanol–water partition coefficient (Wildman–Crippen LogP) is 5.48. The number of allylic oxidation sites excluding steroid dienone is 4. The second-order valence-corrected chi connectivity index (χ2v) is 10.5. The Bertz CT molecular complexity index is 1380. The fraction of sp³-hybridized carbons (Fsp3) is 0.312. The molecule has 4 N–H and O–H groups in total. The number of hydrogen-bond donors (Lipinski definition) is 3. The fourth-order valence-corrected chi connectivity index (χ4v) is 5.20. The number of nitrogens with one attached hydrogen (secondary N) is 2. The van der Waals surface area contributed by atoms with E-state index >= 15 is 0 Å². The molecule has 41 heavy (non-hydrogen) atoms. The van der Waals surface area contributed by atoms with Crippen LogP contribution in [0.2, 0.25) is 0 Å². The summed E-state index contributed by atoms with van der Waals surface area (Å²) in [6, 6.07) is 14.6. The Morgan fingerprint density at radius 3 is 2.66 bits per heavy atom. The smallest absolute Gasteiger partial charge is 0.324 e. The average Bonchev–Trinajstić information content (AvgIpc) is 3.41. The minimum Gasteiger partial charge on any atom is -0.463 e. The summed E-state index contributed by atoms with van der Waals surface area (Å²) in [6.07, 6.45) is 14.0. The van der Waals surface area contributed by atoms with Gasteiger partial charge in [-0.25, -0.2) is 4.79 Å². The Labute approximate surface area is 241 Å². The highest BCUT2D eigenvalue weighted by Gasteiger charge is 2.25. The summed E-state index contributed by atoms with van der Waals surface area (Å²) in [7, 11) is 2.13. The van der Waals surface area contributed by atoms with Crippen molar-refractivity contribution in [1.82, 2.24) is 15.1 Å². The Hall–Kier alpha value is -4.50. The van der Waals surface area contributed by atoms with Gasteiger partial charge in [-0.1, -0.05) is 42.5 Å². The maximum Gasteiger partial charge on any atom is 0.324 e. The van der Waals surface area contributed by atoms with E-state index in [2.05, 4.69) is 28.7 Å². The van der Waals surface area contributed by atoms with Crippen molar-refractivity contribution in [2.45, 2.75) is 44.7 Å². The lowest BCUT2D eigenvalue weighted by Gasteiger charge is -2.28. The molecule has 3 aliphatic rings. The van der Waals surface area contributed by atoms with E-state index in [9.17, 15) is 9.59 Å². The average molecular weight is 556 g/mol. The molecule has 1 saturated heterocycles. The van der Waals surface area contributed by atoms with Crippen LogP contribution in [0.15, 0.2) is 96.5 Å². The van der Waals surface area contributed by atoms with E-state index in [0.717, 1.165) is 43.4 Å². The van der Waals surface area contributed by atoms with Crippen molar-refractivity contribution in [2.75, 3.05) is 31.2 Å². The molecule has 0 saturated carbocycles. The highest BCUT2D eigenvalue weighted by molar-refractivity contribution is 6.05. The van der Waals surface area contributed by atoms with Crippen molar-refractivity contribution >= 4 is 23.3 Å². The number of anilines is 2. The van der Waals surface area contributed by atoms with Crippen molar-refractivity contribution in [2.24, 2.45) is 0 Å². The second-order valence-electron chi connectivity index (χ2n) is 10.5. The zero-order valence-corrected chi connectivity index (χ0v) is 23.3. The molecule has 9 heteroatoms. The van der Waals surface area contributed by atoms with Gasteiger partial charge in [-0.05, 0) is 81.1 Å². The van der Waals surface area contributed by atoms with Gasteiger partial charge in [0.15, 0.2) is 12.0 Å². The van der Waals surface area contributed by atoms with Gasteiger partial charge in [0.2, 0.25) is 5.88 Å². The van der Waals surface area contributed by atoms with E-state index in [1.807, 2.05) is 36.4 Å². The molecule has 1 fully saturated rings. The van der Waals surface area contributed by atoms with Crippen LogP contribution >= 0.6 is 0 Å². The highest BCUT2D eigenvalue weighted by Crippen LogP contribution is 2.26. The highest BCUT2D eigenvalue weighted by atomic mass is 16.6. The topological polar surface area (TPSA) is 109 Å². The zero-order chi connectivity index (χ0) is 28.6. The van der Waals surface area contributed by atoms with Crippen LogP contribution < -0.4 is 16.4 Å². The number of nitrogens with two attached hydrogens (primary N) is 1. The SMILES string of the molecule is CN1CCCC1CCN(Cc1ccc(C(=O)Nc2ccccc2N)cc1)C(=O)NC1=COC=C(C2=CC=CCC2)O1. The van der Waals surface area contributed by atoms with Crippen molar-refractivity contribution in [3.8, 4) is 0 Å². The Balaban J connectivity index is 1.24. The molecule has 214 valence electrons. The first kappa shape index (κ1) is 28.0. The van der Waals surface area contributed by atoms with Gasteiger partial charge in [0, 0.05) is 24.7 Å². The number of nitrogen functional groups attached to an aromatic ring is 1. The van der Waals surface area contributed by atoms with Gasteiger partial charge in [-0.3, -0.25) is 10.1 Å². The van der Waals surface area contributed by atoms with Crippen LogP contribution in [-0.2, 0) is 16.0 Å². The van der Waals surface area contributed by atoms with Crippen LogP contribution in [0.1, 0.15) is 48.0 Å². The first-order valence-corrected chi connectivity index (χ1v) is 14.1. The molecule has 0 radical (unpaired) electrons. The van der Waals surface area contributed by atoms with Crippen LogP contribution in [0.25, 0.3) is 0 Å². The lowest BCUT2D eigenvalue weighted by atomic mass is 10.0. The molecule has 2 aliphatic heterocycles. The van der Waals surface area contributed by atoms with Gasteiger partial charge < -0.3 is 30.3 Å². The van der Waals surface area contributed by atoms with Crippen LogP contribution in [0.3, 0.4) is 0 Å². The summed E-state index contributed by atoms with van der Waals surface area (Å²) in [5, 5.41) is 5.73. The van der Waals surface area contributed by atoms with Crippen molar-refractivity contribution in [3.63, 3.8) is 0 Å². The number of carbonyl (C=O) groups is 2. The van der Waals surface area contributed by atoms with Crippen molar-refractivity contribution < 1.29 is 19.1 Å². The Morgan fingerprint density at radius 2 is 1.93 bits per heavy atom. The third-order valence-electron chi connectivity index (χ3n) is 7.62. The minimum atomic E-state index is -0.277. The van der Waals surface area contributed by atoms with E-state index in [1.165, 1.54) is 12.7 Å². The monoisotopic (exact) mass is 555 g/mol. The predicted molar refractivity (Wildman–Crippen MR) is 159 cm³/mol. The largest absolute Gasteiger partial charge is 0.463 e. The lowest BCUT2D eigenvalue weighted by molar-refractivity contribution is 0.102. The van der Waals surface area contributed by atoms with Crippen molar-refractivity contribution in [1.29, 1.82) is 0 Å². The normalized spacial score (nSPS) is 18.4. The van der Waals surface area contributed by atoms with E-state index in [0.29, 0.717) is 41.8 Å². The molecule has 1 aliphatic carbocycles. The molecule has 2 heterocycles. The molecule has 5 rings (SSSR count). The number of nitrogens with zero attached hydrogens (tertiary/aromatic N) is 2. The maximum absolute atomic E-state index is 13.5.